The van der Waals surface area contributed by atoms with Crippen LogP contribution in [0.2, 0.25) is 0 Å². The monoisotopic (exact) mass is 456 g/mol. The van der Waals surface area contributed by atoms with Crippen LogP contribution in [0.15, 0.2) is 140 Å². The number of ether oxygens (including phenoxy) is 1. The molecule has 3 heteroatoms. The van der Waals surface area contributed by atoms with Gasteiger partial charge in [0.15, 0.2) is 0 Å². The molecule has 0 aliphatic heterocycles. The predicted octanol–water partition coefficient (Wildman–Crippen LogP) is 7.79. The molecule has 3 nitrogen and oxygen atoms in total. The van der Waals surface area contributed by atoms with Crippen molar-refractivity contribution in [2.45, 2.75) is 5.41 Å². The van der Waals surface area contributed by atoms with E-state index in [4.69, 9.17) is 4.74 Å². The number of rotatable bonds is 6. The summed E-state index contributed by atoms with van der Waals surface area (Å²) < 4.78 is 5.20. The molecule has 0 radical (unpaired) electrons. The average Bonchev–Trinajstić information content (AvgIpc) is 2.92. The highest BCUT2D eigenvalue weighted by Crippen LogP contribution is 2.47. The number of hydrogen-bond donors (Lipinski definition) is 1. The van der Waals surface area contributed by atoms with Crippen molar-refractivity contribution in [1.29, 1.82) is 0 Å². The summed E-state index contributed by atoms with van der Waals surface area (Å²) in [5.74, 6) is 0.301. The summed E-state index contributed by atoms with van der Waals surface area (Å²) >= 11 is 0. The molecule has 0 unspecified atom stereocenters. The van der Waals surface area contributed by atoms with Gasteiger partial charge in [-0.25, -0.2) is 4.79 Å². The van der Waals surface area contributed by atoms with Crippen LogP contribution in [0.4, 0.5) is 4.79 Å². The van der Waals surface area contributed by atoms with Gasteiger partial charge in [0.25, 0.3) is 0 Å². The second kappa shape index (κ2) is 9.70. The molecule has 0 fully saturated rings. The summed E-state index contributed by atoms with van der Waals surface area (Å²) in [6.07, 6.45) is -1.34. The highest BCUT2D eigenvalue weighted by atomic mass is 16.7. The normalized spacial score (nSPS) is 11.1. The van der Waals surface area contributed by atoms with Crippen molar-refractivity contribution < 1.29 is 14.6 Å². The third-order valence-electron chi connectivity index (χ3n) is 6.32. The topological polar surface area (TPSA) is 46.5 Å². The summed E-state index contributed by atoms with van der Waals surface area (Å²) in [5, 5.41) is 9.38. The van der Waals surface area contributed by atoms with Gasteiger partial charge in [0.05, 0.1) is 5.41 Å². The first-order valence-corrected chi connectivity index (χ1v) is 11.5. The largest absolute Gasteiger partial charge is 0.511 e. The maximum Gasteiger partial charge on any atom is 0.511 e. The molecule has 0 aromatic heterocycles. The minimum absolute atomic E-state index is 0.301. The SMILES string of the molecule is O=C(O)Oc1ccc(C(c2ccccc2)(c2ccccc2)c2ccccc2)cc1-c1ccccc1. The second-order valence-corrected chi connectivity index (χ2v) is 8.29. The summed E-state index contributed by atoms with van der Waals surface area (Å²) in [7, 11) is 0. The quantitative estimate of drug-likeness (QED) is 0.161. The Kier molecular flexibility index (Phi) is 6.15. The zero-order valence-corrected chi connectivity index (χ0v) is 19.0. The average molecular weight is 457 g/mol. The Morgan fingerprint density at radius 1 is 0.543 bits per heavy atom. The van der Waals surface area contributed by atoms with Crippen molar-refractivity contribution in [3.63, 3.8) is 0 Å². The van der Waals surface area contributed by atoms with Crippen molar-refractivity contribution in [3.8, 4) is 16.9 Å². The maximum atomic E-state index is 11.5. The van der Waals surface area contributed by atoms with Gasteiger partial charge in [-0.15, -0.1) is 0 Å². The van der Waals surface area contributed by atoms with Crippen molar-refractivity contribution in [2.75, 3.05) is 0 Å². The first kappa shape index (κ1) is 22.2. The van der Waals surface area contributed by atoms with Crippen LogP contribution in [0.1, 0.15) is 22.3 Å². The molecule has 5 rings (SSSR count). The van der Waals surface area contributed by atoms with E-state index in [9.17, 15) is 9.90 Å². The number of carbonyl (C=O) groups is 1. The van der Waals surface area contributed by atoms with Crippen molar-refractivity contribution in [3.05, 3.63) is 162 Å². The highest BCUT2D eigenvalue weighted by Gasteiger charge is 2.38. The molecule has 5 aromatic carbocycles. The first-order chi connectivity index (χ1) is 17.2. The molecule has 0 aliphatic rings. The zero-order chi connectivity index (χ0) is 24.1. The number of carboxylic acid groups (broad SMARTS) is 1. The first-order valence-electron chi connectivity index (χ1n) is 11.5. The van der Waals surface area contributed by atoms with Crippen LogP contribution in [-0.4, -0.2) is 11.3 Å². The van der Waals surface area contributed by atoms with E-state index in [1.807, 2.05) is 54.6 Å². The minimum atomic E-state index is -1.34. The summed E-state index contributed by atoms with van der Waals surface area (Å²) in [6, 6.07) is 46.7. The van der Waals surface area contributed by atoms with Gasteiger partial charge in [-0.05, 0) is 39.9 Å². The molecule has 0 amide bonds. The fourth-order valence-electron chi connectivity index (χ4n) is 4.85. The summed E-state index contributed by atoms with van der Waals surface area (Å²) in [4.78, 5) is 11.5. The van der Waals surface area contributed by atoms with Crippen molar-refractivity contribution >= 4 is 6.16 Å². The van der Waals surface area contributed by atoms with E-state index in [-0.39, 0.29) is 0 Å². The van der Waals surface area contributed by atoms with Crippen LogP contribution in [-0.2, 0) is 5.41 Å². The highest BCUT2D eigenvalue weighted by molar-refractivity contribution is 5.76. The molecular weight excluding hydrogens is 432 g/mol. The third-order valence-corrected chi connectivity index (χ3v) is 6.32. The standard InChI is InChI=1S/C32H24O3/c33-31(34)35-30-22-21-28(23-29(30)24-13-5-1-6-14-24)32(25-15-7-2-8-16-25,26-17-9-3-10-18-26)27-19-11-4-12-20-27/h1-23H,(H,33,34). The fourth-order valence-corrected chi connectivity index (χ4v) is 4.85. The Morgan fingerprint density at radius 2 is 0.971 bits per heavy atom. The van der Waals surface area contributed by atoms with Gasteiger partial charge in [-0.3, -0.25) is 0 Å². The molecule has 0 heterocycles. The Morgan fingerprint density at radius 3 is 1.40 bits per heavy atom. The molecule has 0 saturated heterocycles. The van der Waals surface area contributed by atoms with Crippen LogP contribution in [0.5, 0.6) is 5.75 Å². The summed E-state index contributed by atoms with van der Waals surface area (Å²) in [5.41, 5.74) is 5.33. The Labute approximate surface area is 204 Å². The van der Waals surface area contributed by atoms with Gasteiger partial charge in [0.1, 0.15) is 5.75 Å². The van der Waals surface area contributed by atoms with Gasteiger partial charge in [0, 0.05) is 5.56 Å². The summed E-state index contributed by atoms with van der Waals surface area (Å²) in [6.45, 7) is 0. The van der Waals surface area contributed by atoms with Crippen molar-refractivity contribution in [2.24, 2.45) is 0 Å². The number of hydrogen-bond acceptors (Lipinski definition) is 2. The lowest BCUT2D eigenvalue weighted by atomic mass is 9.65. The molecule has 5 aromatic rings. The second-order valence-electron chi connectivity index (χ2n) is 8.29. The number of benzene rings is 5. The fraction of sp³-hybridized carbons (Fsp3) is 0.0312. The van der Waals surface area contributed by atoms with E-state index >= 15 is 0 Å². The maximum absolute atomic E-state index is 11.5. The van der Waals surface area contributed by atoms with E-state index in [1.165, 1.54) is 0 Å². The van der Waals surface area contributed by atoms with Gasteiger partial charge >= 0.3 is 6.16 Å². The molecule has 0 bridgehead atoms. The van der Waals surface area contributed by atoms with E-state index in [1.54, 1.807) is 6.07 Å². The lowest BCUT2D eigenvalue weighted by Gasteiger charge is -2.37. The Bertz CT molecular complexity index is 1320. The van der Waals surface area contributed by atoms with E-state index in [0.717, 1.165) is 33.4 Å². The van der Waals surface area contributed by atoms with Crippen LogP contribution in [0.3, 0.4) is 0 Å². The van der Waals surface area contributed by atoms with Gasteiger partial charge < -0.3 is 9.84 Å². The molecule has 0 aliphatic carbocycles. The lowest BCUT2D eigenvalue weighted by molar-refractivity contribution is 0.144. The van der Waals surface area contributed by atoms with Crippen LogP contribution < -0.4 is 4.74 Å². The zero-order valence-electron chi connectivity index (χ0n) is 19.0. The van der Waals surface area contributed by atoms with Crippen molar-refractivity contribution in [1.82, 2.24) is 0 Å². The van der Waals surface area contributed by atoms with Gasteiger partial charge in [-0.1, -0.05) is 127 Å². The smallest absolute Gasteiger partial charge is 0.449 e. The lowest BCUT2D eigenvalue weighted by Crippen LogP contribution is -2.31. The molecular formula is C32H24O3. The molecule has 1 N–H and O–H groups in total. The molecule has 0 atom stereocenters. The van der Waals surface area contributed by atoms with E-state index in [2.05, 4.69) is 78.9 Å². The molecule has 35 heavy (non-hydrogen) atoms. The third kappa shape index (κ3) is 4.20. The minimum Gasteiger partial charge on any atom is -0.449 e. The van der Waals surface area contributed by atoms with Crippen LogP contribution >= 0.6 is 0 Å². The Hall–Kier alpha value is -4.63. The van der Waals surface area contributed by atoms with E-state index < -0.39 is 11.6 Å². The Balaban J connectivity index is 1.87. The van der Waals surface area contributed by atoms with Gasteiger partial charge in [-0.2, -0.15) is 0 Å². The van der Waals surface area contributed by atoms with Crippen LogP contribution in [0.25, 0.3) is 11.1 Å². The molecule has 0 saturated carbocycles. The van der Waals surface area contributed by atoms with E-state index in [0.29, 0.717) is 5.75 Å². The predicted molar refractivity (Wildman–Crippen MR) is 139 cm³/mol. The van der Waals surface area contributed by atoms with Gasteiger partial charge in [0.2, 0.25) is 0 Å². The molecule has 170 valence electrons. The van der Waals surface area contributed by atoms with Crippen LogP contribution in [0, 0.1) is 0 Å². The molecule has 0 spiro atoms.